The molecule has 216 valence electrons. The maximum atomic E-state index is 15.1. The lowest BCUT2D eigenvalue weighted by Gasteiger charge is -2.35. The predicted molar refractivity (Wildman–Crippen MR) is 132 cm³/mol. The highest BCUT2D eigenvalue weighted by atomic mass is 19.4. The van der Waals surface area contributed by atoms with Gasteiger partial charge in [-0.15, -0.1) is 0 Å². The normalized spacial score (nSPS) is 18.9. The summed E-state index contributed by atoms with van der Waals surface area (Å²) in [6.45, 7) is 0.0753. The quantitative estimate of drug-likeness (QED) is 0.266. The fourth-order valence-electron chi connectivity index (χ4n) is 5.14. The zero-order chi connectivity index (χ0) is 29.6. The number of amides is 1. The summed E-state index contributed by atoms with van der Waals surface area (Å²) in [5.41, 5.74) is -4.80. The van der Waals surface area contributed by atoms with Crippen LogP contribution in [0.3, 0.4) is 0 Å². The molecule has 1 fully saturated rings. The molecule has 3 aromatic rings. The van der Waals surface area contributed by atoms with Crippen LogP contribution in [-0.4, -0.2) is 38.8 Å². The van der Waals surface area contributed by atoms with E-state index in [9.17, 15) is 35.9 Å². The number of aromatic nitrogens is 4. The summed E-state index contributed by atoms with van der Waals surface area (Å²) < 4.78 is 93.8. The molecule has 1 aliphatic carbocycles. The summed E-state index contributed by atoms with van der Waals surface area (Å²) in [5, 5.41) is 7.78. The Balaban J connectivity index is 1.38. The van der Waals surface area contributed by atoms with E-state index in [-0.39, 0.29) is 29.4 Å². The maximum absolute atomic E-state index is 15.1. The number of hydrogen-bond donors (Lipinski definition) is 2. The number of unbranched alkanes of at least 4 members (excludes halogenated alkanes) is 1. The van der Waals surface area contributed by atoms with E-state index in [0.717, 1.165) is 25.1 Å². The van der Waals surface area contributed by atoms with Gasteiger partial charge in [-0.2, -0.15) is 31.4 Å². The fourth-order valence-corrected chi connectivity index (χ4v) is 5.14. The van der Waals surface area contributed by atoms with Gasteiger partial charge < -0.3 is 5.32 Å². The van der Waals surface area contributed by atoms with E-state index in [4.69, 9.17) is 0 Å². The molecule has 2 N–H and O–H groups in total. The molecular weight excluding hydrogens is 561 g/mol. The minimum atomic E-state index is -4.88. The molecule has 2 aliphatic rings. The number of aliphatic imine (C=N–C) groups is 1. The van der Waals surface area contributed by atoms with E-state index in [1.54, 1.807) is 5.10 Å². The van der Waals surface area contributed by atoms with Gasteiger partial charge in [0.2, 0.25) is 0 Å². The molecule has 1 amide bonds. The van der Waals surface area contributed by atoms with Gasteiger partial charge in [0.1, 0.15) is 11.4 Å². The molecule has 0 spiro atoms. The van der Waals surface area contributed by atoms with Gasteiger partial charge in [-0.25, -0.2) is 24.4 Å². The Morgan fingerprint density at radius 3 is 2.29 bits per heavy atom. The standard InChI is InChI=1S/C26H21F7N6O2/c27-18-8-15-17(7-16(18)21-35-9-14(10-36-21)25(28,29)30)24(13-3-4-13,12-37-22(15)40)5-1-2-6-34-19-11-38-39-23(41)20(19)26(31,32)33/h7-13H,1-6H2,(H2,34,39,41)/t24-/m1/s1. The van der Waals surface area contributed by atoms with Crippen LogP contribution in [0.2, 0.25) is 0 Å². The van der Waals surface area contributed by atoms with E-state index >= 15 is 4.39 Å². The SMILES string of the molecule is O=C1N=C[C@](CCCCNc2cn[nH]c(=O)c2C(F)(F)F)(C2CC2)c2cc(-c3ncc(C(F)(F)F)cn3)c(F)cc21. The molecule has 1 aliphatic heterocycles. The van der Waals surface area contributed by atoms with Crippen LogP contribution in [0.25, 0.3) is 11.4 Å². The van der Waals surface area contributed by atoms with Gasteiger partial charge in [0.25, 0.3) is 11.5 Å². The number of H-pyrrole nitrogens is 1. The number of nitrogens with one attached hydrogen (secondary N) is 2. The molecule has 15 heteroatoms. The van der Waals surface area contributed by atoms with E-state index in [0.29, 0.717) is 37.2 Å². The third-order valence-electron chi connectivity index (χ3n) is 7.25. The maximum Gasteiger partial charge on any atom is 0.423 e. The highest BCUT2D eigenvalue weighted by Crippen LogP contribution is 2.52. The summed E-state index contributed by atoms with van der Waals surface area (Å²) in [7, 11) is 0. The molecule has 41 heavy (non-hydrogen) atoms. The zero-order valence-electron chi connectivity index (χ0n) is 21.0. The number of anilines is 1. The first kappa shape index (κ1) is 28.4. The summed E-state index contributed by atoms with van der Waals surface area (Å²) in [5.74, 6) is -1.80. The average Bonchev–Trinajstić information content (AvgIpc) is 3.75. The number of rotatable bonds is 8. The fraction of sp³-hybridized carbons (Fsp3) is 0.385. The first-order valence-electron chi connectivity index (χ1n) is 12.5. The number of alkyl halides is 6. The second kappa shape index (κ2) is 10.3. The summed E-state index contributed by atoms with van der Waals surface area (Å²) in [6.07, 6.45) is -3.27. The predicted octanol–water partition coefficient (Wildman–Crippen LogP) is 5.56. The zero-order valence-corrected chi connectivity index (χ0v) is 21.0. The summed E-state index contributed by atoms with van der Waals surface area (Å²) >= 11 is 0. The number of carbonyl (C=O) groups excluding carboxylic acids is 1. The first-order valence-corrected chi connectivity index (χ1v) is 12.5. The van der Waals surface area contributed by atoms with Gasteiger partial charge in [0, 0.05) is 36.1 Å². The van der Waals surface area contributed by atoms with Crippen molar-refractivity contribution in [3.05, 3.63) is 69.1 Å². The first-order chi connectivity index (χ1) is 19.3. The Bertz CT molecular complexity index is 1560. The molecular formula is C26H21F7N6O2. The average molecular weight is 582 g/mol. The molecule has 0 radical (unpaired) electrons. The van der Waals surface area contributed by atoms with Crippen molar-refractivity contribution in [3.8, 4) is 11.4 Å². The summed E-state index contributed by atoms with van der Waals surface area (Å²) in [6, 6.07) is 2.37. The molecule has 0 bridgehead atoms. The van der Waals surface area contributed by atoms with Crippen LogP contribution in [0.1, 0.15) is 59.2 Å². The lowest BCUT2D eigenvalue weighted by atomic mass is 9.69. The van der Waals surface area contributed by atoms with Crippen LogP contribution in [0.15, 0.2) is 40.5 Å². The van der Waals surface area contributed by atoms with Crippen molar-refractivity contribution >= 4 is 17.8 Å². The van der Waals surface area contributed by atoms with Crippen LogP contribution >= 0.6 is 0 Å². The summed E-state index contributed by atoms with van der Waals surface area (Å²) in [4.78, 5) is 35.6. The second-order valence-corrected chi connectivity index (χ2v) is 9.92. The topological polar surface area (TPSA) is 113 Å². The van der Waals surface area contributed by atoms with Crippen molar-refractivity contribution in [1.29, 1.82) is 0 Å². The van der Waals surface area contributed by atoms with E-state index in [1.165, 1.54) is 12.3 Å². The van der Waals surface area contributed by atoms with Crippen molar-refractivity contribution in [2.75, 3.05) is 11.9 Å². The van der Waals surface area contributed by atoms with Crippen LogP contribution in [-0.2, 0) is 17.8 Å². The molecule has 8 nitrogen and oxygen atoms in total. The van der Waals surface area contributed by atoms with Crippen LogP contribution < -0.4 is 10.9 Å². The number of fused-ring (bicyclic) bond motifs is 1. The Labute approximate surface area is 227 Å². The van der Waals surface area contributed by atoms with E-state index < -0.39 is 51.9 Å². The molecule has 3 heterocycles. The molecule has 1 saturated carbocycles. The number of hydrogen-bond acceptors (Lipinski definition) is 6. The minimum absolute atomic E-state index is 0.0232. The van der Waals surface area contributed by atoms with Gasteiger partial charge in [0.05, 0.1) is 23.0 Å². The number of aromatic amines is 1. The lowest BCUT2D eigenvalue weighted by molar-refractivity contribution is -0.139. The Hall–Kier alpha value is -4.17. The minimum Gasteiger partial charge on any atom is -0.383 e. The van der Waals surface area contributed by atoms with E-state index in [1.807, 2.05) is 0 Å². The van der Waals surface area contributed by atoms with Crippen molar-refractivity contribution in [2.45, 2.75) is 49.9 Å². The molecule has 0 saturated heterocycles. The van der Waals surface area contributed by atoms with Crippen LogP contribution in [0.5, 0.6) is 0 Å². The monoisotopic (exact) mass is 582 g/mol. The Kier molecular flexibility index (Phi) is 7.15. The van der Waals surface area contributed by atoms with Gasteiger partial charge in [0.15, 0.2) is 5.82 Å². The van der Waals surface area contributed by atoms with Gasteiger partial charge in [-0.1, -0.05) is 6.42 Å². The number of benzene rings is 1. The van der Waals surface area contributed by atoms with Crippen molar-refractivity contribution in [3.63, 3.8) is 0 Å². The van der Waals surface area contributed by atoms with Crippen molar-refractivity contribution < 1.29 is 35.5 Å². The molecule has 2 aromatic heterocycles. The lowest BCUT2D eigenvalue weighted by Crippen LogP contribution is -2.36. The van der Waals surface area contributed by atoms with Gasteiger partial charge >= 0.3 is 12.4 Å². The van der Waals surface area contributed by atoms with Gasteiger partial charge in [-0.3, -0.25) is 9.59 Å². The number of nitrogens with zero attached hydrogens (tertiary/aromatic N) is 4. The molecule has 1 aromatic carbocycles. The van der Waals surface area contributed by atoms with E-state index in [2.05, 4.69) is 25.4 Å². The Morgan fingerprint density at radius 2 is 1.66 bits per heavy atom. The molecule has 0 unspecified atom stereocenters. The smallest absolute Gasteiger partial charge is 0.383 e. The van der Waals surface area contributed by atoms with Crippen LogP contribution in [0, 0.1) is 11.7 Å². The third kappa shape index (κ3) is 5.57. The second-order valence-electron chi connectivity index (χ2n) is 9.92. The van der Waals surface area contributed by atoms with Crippen molar-refractivity contribution in [1.82, 2.24) is 20.2 Å². The third-order valence-corrected chi connectivity index (χ3v) is 7.25. The number of halogens is 7. The van der Waals surface area contributed by atoms with Gasteiger partial charge in [-0.05, 0) is 49.3 Å². The van der Waals surface area contributed by atoms with Crippen LogP contribution in [0.4, 0.5) is 36.4 Å². The largest absolute Gasteiger partial charge is 0.423 e. The Morgan fingerprint density at radius 1 is 0.951 bits per heavy atom. The molecule has 1 atom stereocenters. The molecule has 5 rings (SSSR count). The highest BCUT2D eigenvalue weighted by molar-refractivity contribution is 6.06. The number of carbonyl (C=O) groups is 1. The highest BCUT2D eigenvalue weighted by Gasteiger charge is 2.48. The van der Waals surface area contributed by atoms with Crippen molar-refractivity contribution in [2.24, 2.45) is 10.9 Å².